The summed E-state index contributed by atoms with van der Waals surface area (Å²) in [7, 11) is 1.90. The Labute approximate surface area is 125 Å². The van der Waals surface area contributed by atoms with Crippen LogP contribution in [-0.4, -0.2) is 23.6 Å². The minimum Gasteiger partial charge on any atom is -0.354 e. The van der Waals surface area contributed by atoms with Crippen LogP contribution in [0.3, 0.4) is 0 Å². The average molecular weight is 281 g/mol. The number of hydrogen-bond donors (Lipinski definition) is 1. The average Bonchev–Trinajstić information content (AvgIpc) is 2.51. The highest BCUT2D eigenvalue weighted by atomic mass is 15.2. The Kier molecular flexibility index (Phi) is 4.72. The molecular formula is C16H19N5. The summed E-state index contributed by atoms with van der Waals surface area (Å²) in [4.78, 5) is 10.8. The van der Waals surface area contributed by atoms with Gasteiger partial charge in [-0.3, -0.25) is 0 Å². The fourth-order valence-corrected chi connectivity index (χ4v) is 2.02. The van der Waals surface area contributed by atoms with Gasteiger partial charge in [-0.05, 0) is 25.5 Å². The summed E-state index contributed by atoms with van der Waals surface area (Å²) in [5, 5.41) is 12.4. The number of anilines is 3. The third kappa shape index (κ3) is 3.48. The van der Waals surface area contributed by atoms with E-state index in [0.29, 0.717) is 11.5 Å². The smallest absolute Gasteiger partial charge is 0.224 e. The molecule has 0 bridgehead atoms. The predicted octanol–water partition coefficient (Wildman–Crippen LogP) is 3.25. The minimum absolute atomic E-state index is 0.619. The molecule has 0 aliphatic rings. The Morgan fingerprint density at radius 3 is 2.76 bits per heavy atom. The lowest BCUT2D eigenvalue weighted by atomic mass is 10.2. The van der Waals surface area contributed by atoms with Crippen molar-refractivity contribution in [3.8, 4) is 6.07 Å². The lowest BCUT2D eigenvalue weighted by Gasteiger charge is -2.20. The molecule has 108 valence electrons. The molecule has 2 aromatic rings. The van der Waals surface area contributed by atoms with Crippen LogP contribution in [0.5, 0.6) is 0 Å². The molecule has 1 aromatic heterocycles. The largest absolute Gasteiger partial charge is 0.354 e. The van der Waals surface area contributed by atoms with E-state index in [0.717, 1.165) is 30.2 Å². The van der Waals surface area contributed by atoms with Crippen LogP contribution < -0.4 is 10.2 Å². The molecule has 0 saturated heterocycles. The molecule has 0 atom stereocenters. The van der Waals surface area contributed by atoms with Gasteiger partial charge in [0.1, 0.15) is 11.9 Å². The van der Waals surface area contributed by atoms with Crippen molar-refractivity contribution in [2.45, 2.75) is 20.3 Å². The minimum atomic E-state index is 0.619. The first-order valence-corrected chi connectivity index (χ1v) is 6.98. The van der Waals surface area contributed by atoms with E-state index in [1.807, 2.05) is 43.1 Å². The van der Waals surface area contributed by atoms with E-state index in [-0.39, 0.29) is 0 Å². The zero-order valence-corrected chi connectivity index (χ0v) is 12.6. The Morgan fingerprint density at radius 1 is 1.29 bits per heavy atom. The highest BCUT2D eigenvalue weighted by Crippen LogP contribution is 2.26. The number of rotatable bonds is 5. The molecule has 0 aliphatic carbocycles. The molecule has 0 aliphatic heterocycles. The van der Waals surface area contributed by atoms with Gasteiger partial charge in [0.2, 0.25) is 5.95 Å². The number of nitriles is 1. The first kappa shape index (κ1) is 14.8. The van der Waals surface area contributed by atoms with E-state index in [1.165, 1.54) is 0 Å². The van der Waals surface area contributed by atoms with Crippen LogP contribution in [0.15, 0.2) is 30.3 Å². The highest BCUT2D eigenvalue weighted by molar-refractivity contribution is 5.67. The third-order valence-electron chi connectivity index (χ3n) is 3.10. The van der Waals surface area contributed by atoms with Crippen molar-refractivity contribution in [1.82, 2.24) is 9.97 Å². The normalized spacial score (nSPS) is 10.0. The second-order valence-corrected chi connectivity index (χ2v) is 4.81. The van der Waals surface area contributed by atoms with Crippen molar-refractivity contribution in [1.29, 1.82) is 5.26 Å². The topological polar surface area (TPSA) is 64.8 Å². The molecule has 21 heavy (non-hydrogen) atoms. The maximum absolute atomic E-state index is 9.22. The van der Waals surface area contributed by atoms with Gasteiger partial charge in [0.25, 0.3) is 0 Å². The quantitative estimate of drug-likeness (QED) is 0.911. The number of nitrogens with one attached hydrogen (secondary N) is 1. The van der Waals surface area contributed by atoms with Gasteiger partial charge < -0.3 is 10.2 Å². The number of aromatic nitrogens is 2. The standard InChI is InChI=1S/C16H19N5/c1-4-9-18-16-19-12(2)10-15(20-16)21(3)14-8-6-5-7-13(14)11-17/h5-8,10H,4,9H2,1-3H3,(H,18,19,20). The second kappa shape index (κ2) is 6.71. The monoisotopic (exact) mass is 281 g/mol. The van der Waals surface area contributed by atoms with Gasteiger partial charge in [-0.25, -0.2) is 4.98 Å². The number of aryl methyl sites for hydroxylation is 1. The molecule has 0 saturated carbocycles. The Hall–Kier alpha value is -2.61. The summed E-state index contributed by atoms with van der Waals surface area (Å²) in [6, 6.07) is 11.6. The summed E-state index contributed by atoms with van der Waals surface area (Å²) < 4.78 is 0. The van der Waals surface area contributed by atoms with Gasteiger partial charge in [0.15, 0.2) is 0 Å². The van der Waals surface area contributed by atoms with Crippen molar-refractivity contribution in [2.75, 3.05) is 23.8 Å². The number of hydrogen-bond acceptors (Lipinski definition) is 5. The predicted molar refractivity (Wildman–Crippen MR) is 84.8 cm³/mol. The van der Waals surface area contributed by atoms with Gasteiger partial charge in [-0.2, -0.15) is 10.2 Å². The van der Waals surface area contributed by atoms with Crippen LogP contribution in [0.25, 0.3) is 0 Å². The number of nitrogens with zero attached hydrogens (tertiary/aromatic N) is 4. The highest BCUT2D eigenvalue weighted by Gasteiger charge is 2.11. The second-order valence-electron chi connectivity index (χ2n) is 4.81. The zero-order chi connectivity index (χ0) is 15.2. The summed E-state index contributed by atoms with van der Waals surface area (Å²) in [6.07, 6.45) is 1.01. The van der Waals surface area contributed by atoms with Gasteiger partial charge in [-0.1, -0.05) is 19.1 Å². The van der Waals surface area contributed by atoms with Crippen LogP contribution in [0.2, 0.25) is 0 Å². The van der Waals surface area contributed by atoms with E-state index in [9.17, 15) is 5.26 Å². The number of para-hydroxylation sites is 1. The Morgan fingerprint density at radius 2 is 2.05 bits per heavy atom. The van der Waals surface area contributed by atoms with Gasteiger partial charge in [0, 0.05) is 25.4 Å². The van der Waals surface area contributed by atoms with E-state index in [4.69, 9.17) is 0 Å². The number of benzene rings is 1. The zero-order valence-electron chi connectivity index (χ0n) is 12.6. The SMILES string of the molecule is CCCNc1nc(C)cc(N(C)c2ccccc2C#N)n1. The van der Waals surface area contributed by atoms with Crippen molar-refractivity contribution in [3.63, 3.8) is 0 Å². The molecule has 0 fully saturated rings. The molecule has 1 heterocycles. The third-order valence-corrected chi connectivity index (χ3v) is 3.10. The van der Waals surface area contributed by atoms with Crippen LogP contribution in [0.4, 0.5) is 17.5 Å². The molecule has 1 N–H and O–H groups in total. The summed E-state index contributed by atoms with van der Waals surface area (Å²) >= 11 is 0. The van der Waals surface area contributed by atoms with E-state index in [2.05, 4.69) is 28.3 Å². The van der Waals surface area contributed by atoms with Crippen molar-refractivity contribution >= 4 is 17.5 Å². The van der Waals surface area contributed by atoms with E-state index < -0.39 is 0 Å². The van der Waals surface area contributed by atoms with Crippen LogP contribution in [0.1, 0.15) is 24.6 Å². The molecular weight excluding hydrogens is 262 g/mol. The summed E-state index contributed by atoms with van der Waals surface area (Å²) in [5.41, 5.74) is 2.35. The van der Waals surface area contributed by atoms with Gasteiger partial charge >= 0.3 is 0 Å². The summed E-state index contributed by atoms with van der Waals surface area (Å²) in [5.74, 6) is 1.39. The lowest BCUT2D eigenvalue weighted by molar-refractivity contribution is 0.941. The molecule has 0 amide bonds. The molecule has 1 aromatic carbocycles. The molecule has 2 rings (SSSR count). The molecule has 5 heteroatoms. The van der Waals surface area contributed by atoms with Crippen LogP contribution in [0, 0.1) is 18.3 Å². The van der Waals surface area contributed by atoms with Gasteiger partial charge in [0.05, 0.1) is 11.3 Å². The Bertz CT molecular complexity index is 660. The summed E-state index contributed by atoms with van der Waals surface area (Å²) in [6.45, 7) is 4.87. The van der Waals surface area contributed by atoms with Crippen molar-refractivity contribution in [3.05, 3.63) is 41.6 Å². The maximum Gasteiger partial charge on any atom is 0.224 e. The first-order chi connectivity index (χ1) is 10.2. The maximum atomic E-state index is 9.22. The lowest BCUT2D eigenvalue weighted by Crippen LogP contribution is -2.15. The van der Waals surface area contributed by atoms with Crippen molar-refractivity contribution < 1.29 is 0 Å². The van der Waals surface area contributed by atoms with Crippen molar-refractivity contribution in [2.24, 2.45) is 0 Å². The molecule has 0 spiro atoms. The molecule has 0 unspecified atom stereocenters. The Balaban J connectivity index is 2.36. The van der Waals surface area contributed by atoms with E-state index in [1.54, 1.807) is 6.07 Å². The fraction of sp³-hybridized carbons (Fsp3) is 0.312. The molecule has 5 nitrogen and oxygen atoms in total. The van der Waals surface area contributed by atoms with E-state index >= 15 is 0 Å². The van der Waals surface area contributed by atoms with Crippen LogP contribution in [-0.2, 0) is 0 Å². The molecule has 0 radical (unpaired) electrons. The van der Waals surface area contributed by atoms with Crippen LogP contribution >= 0.6 is 0 Å². The first-order valence-electron chi connectivity index (χ1n) is 6.98. The van der Waals surface area contributed by atoms with Gasteiger partial charge in [-0.15, -0.1) is 0 Å². The fourth-order valence-electron chi connectivity index (χ4n) is 2.02.